The molecule has 0 saturated heterocycles. The monoisotopic (exact) mass is 243 g/mol. The van der Waals surface area contributed by atoms with E-state index in [0.717, 1.165) is 16.4 Å². The molecule has 3 nitrogen and oxygen atoms in total. The van der Waals surface area contributed by atoms with E-state index in [0.29, 0.717) is 10.6 Å². The zero-order valence-electron chi connectivity index (χ0n) is 7.52. The highest BCUT2D eigenvalue weighted by Crippen LogP contribution is 2.25. The van der Waals surface area contributed by atoms with Crippen molar-refractivity contribution < 1.29 is 4.39 Å². The normalized spacial score (nSPS) is 12.7. The number of nitrogens with two attached hydrogens (primary N) is 1. The molecule has 1 unspecified atom stereocenters. The van der Waals surface area contributed by atoms with E-state index >= 15 is 0 Å². The molecule has 1 aromatic carbocycles. The number of halogens is 2. The van der Waals surface area contributed by atoms with Crippen molar-refractivity contribution in [2.75, 3.05) is 0 Å². The Balaban J connectivity index is 2.38. The average molecular weight is 244 g/mol. The first-order chi connectivity index (χ1) is 7.18. The Bertz CT molecular complexity index is 460. The van der Waals surface area contributed by atoms with Gasteiger partial charge in [-0.15, -0.1) is 5.10 Å². The molecule has 0 aliphatic heterocycles. The van der Waals surface area contributed by atoms with Gasteiger partial charge >= 0.3 is 0 Å². The van der Waals surface area contributed by atoms with Crippen LogP contribution < -0.4 is 5.73 Å². The molecule has 15 heavy (non-hydrogen) atoms. The maximum atomic E-state index is 13.5. The number of rotatable bonds is 2. The molecule has 0 radical (unpaired) electrons. The van der Waals surface area contributed by atoms with Gasteiger partial charge in [0.25, 0.3) is 0 Å². The van der Waals surface area contributed by atoms with E-state index in [4.69, 9.17) is 17.3 Å². The van der Waals surface area contributed by atoms with E-state index in [-0.39, 0.29) is 0 Å². The predicted octanol–water partition coefficient (Wildman–Crippen LogP) is 2.38. The third-order valence-electron chi connectivity index (χ3n) is 1.98. The topological polar surface area (TPSA) is 51.8 Å². The number of nitrogens with zero attached hydrogens (tertiary/aromatic N) is 2. The van der Waals surface area contributed by atoms with Crippen molar-refractivity contribution >= 4 is 23.1 Å². The van der Waals surface area contributed by atoms with Crippen LogP contribution in [0.2, 0.25) is 5.02 Å². The highest BCUT2D eigenvalue weighted by molar-refractivity contribution is 7.05. The van der Waals surface area contributed by atoms with Crippen LogP contribution in [0, 0.1) is 5.82 Å². The van der Waals surface area contributed by atoms with Crippen molar-refractivity contribution in [3.05, 3.63) is 45.7 Å². The number of hydrogen-bond donors (Lipinski definition) is 1. The lowest BCUT2D eigenvalue weighted by atomic mass is 10.1. The van der Waals surface area contributed by atoms with Gasteiger partial charge in [-0.25, -0.2) is 4.39 Å². The quantitative estimate of drug-likeness (QED) is 0.881. The molecular formula is C9H7ClFN3S. The molecule has 0 saturated carbocycles. The molecule has 0 spiro atoms. The van der Waals surface area contributed by atoms with Crippen LogP contribution in [0.1, 0.15) is 16.5 Å². The van der Waals surface area contributed by atoms with Crippen LogP contribution >= 0.6 is 23.1 Å². The van der Waals surface area contributed by atoms with E-state index in [1.807, 2.05) is 0 Å². The molecule has 78 valence electrons. The fraction of sp³-hybridized carbons (Fsp3) is 0.111. The van der Waals surface area contributed by atoms with Crippen molar-refractivity contribution in [1.29, 1.82) is 0 Å². The first kappa shape index (κ1) is 10.5. The SMILES string of the molecule is NC(c1cnns1)c1ccc(Cl)cc1F. The van der Waals surface area contributed by atoms with Crippen molar-refractivity contribution in [2.24, 2.45) is 5.73 Å². The molecule has 0 aliphatic rings. The Morgan fingerprint density at radius 1 is 1.47 bits per heavy atom. The second-order valence-electron chi connectivity index (χ2n) is 2.96. The summed E-state index contributed by atoms with van der Waals surface area (Å²) in [6, 6.07) is 3.88. The average Bonchev–Trinajstić information content (AvgIpc) is 2.69. The molecule has 1 aromatic heterocycles. The summed E-state index contributed by atoms with van der Waals surface area (Å²) in [5.74, 6) is -0.414. The molecule has 2 N–H and O–H groups in total. The lowest BCUT2D eigenvalue weighted by molar-refractivity contribution is 0.601. The van der Waals surface area contributed by atoms with Gasteiger partial charge in [-0.05, 0) is 23.7 Å². The summed E-state index contributed by atoms with van der Waals surface area (Å²) < 4.78 is 17.2. The maximum Gasteiger partial charge on any atom is 0.129 e. The first-order valence-electron chi connectivity index (χ1n) is 4.16. The molecule has 2 aromatic rings. The summed E-state index contributed by atoms with van der Waals surface area (Å²) in [5, 5.41) is 4.01. The summed E-state index contributed by atoms with van der Waals surface area (Å²) in [6.45, 7) is 0. The van der Waals surface area contributed by atoms with E-state index < -0.39 is 11.9 Å². The molecule has 1 heterocycles. The lowest BCUT2D eigenvalue weighted by Gasteiger charge is -2.09. The lowest BCUT2D eigenvalue weighted by Crippen LogP contribution is -2.12. The Hall–Kier alpha value is -1.04. The highest BCUT2D eigenvalue weighted by Gasteiger charge is 2.15. The minimum absolute atomic E-state index is 0.353. The molecule has 0 bridgehead atoms. The molecule has 2 rings (SSSR count). The van der Waals surface area contributed by atoms with Crippen molar-refractivity contribution in [3.8, 4) is 0 Å². The van der Waals surface area contributed by atoms with Gasteiger partial charge in [-0.1, -0.05) is 22.2 Å². The van der Waals surface area contributed by atoms with Crippen LogP contribution in [0.5, 0.6) is 0 Å². The summed E-state index contributed by atoms with van der Waals surface area (Å²) in [7, 11) is 0. The summed E-state index contributed by atoms with van der Waals surface area (Å²) >= 11 is 6.80. The summed E-state index contributed by atoms with van der Waals surface area (Å²) in [6.07, 6.45) is 1.53. The van der Waals surface area contributed by atoms with E-state index in [9.17, 15) is 4.39 Å². The van der Waals surface area contributed by atoms with Gasteiger partial charge in [-0.3, -0.25) is 0 Å². The Morgan fingerprint density at radius 2 is 2.27 bits per heavy atom. The first-order valence-corrected chi connectivity index (χ1v) is 5.31. The van der Waals surface area contributed by atoms with E-state index in [2.05, 4.69) is 9.59 Å². The molecule has 0 amide bonds. The molecule has 1 atom stereocenters. The fourth-order valence-corrected chi connectivity index (χ4v) is 1.90. The predicted molar refractivity (Wildman–Crippen MR) is 57.3 cm³/mol. The second kappa shape index (κ2) is 4.22. The van der Waals surface area contributed by atoms with Crippen LogP contribution in [0.15, 0.2) is 24.4 Å². The van der Waals surface area contributed by atoms with Gasteiger partial charge < -0.3 is 5.73 Å². The van der Waals surface area contributed by atoms with Gasteiger partial charge in [0.2, 0.25) is 0 Å². The number of hydrogen-bond acceptors (Lipinski definition) is 4. The molecule has 0 aliphatic carbocycles. The zero-order valence-corrected chi connectivity index (χ0v) is 9.10. The zero-order chi connectivity index (χ0) is 10.8. The molecule has 6 heteroatoms. The Morgan fingerprint density at radius 3 is 2.87 bits per heavy atom. The third-order valence-corrected chi connectivity index (χ3v) is 2.96. The van der Waals surface area contributed by atoms with Crippen molar-refractivity contribution in [1.82, 2.24) is 9.59 Å². The fourth-order valence-electron chi connectivity index (χ4n) is 1.22. The van der Waals surface area contributed by atoms with Crippen LogP contribution in [-0.4, -0.2) is 9.59 Å². The van der Waals surface area contributed by atoms with E-state index in [1.54, 1.807) is 12.1 Å². The van der Waals surface area contributed by atoms with Crippen molar-refractivity contribution in [2.45, 2.75) is 6.04 Å². The van der Waals surface area contributed by atoms with Gasteiger partial charge in [0, 0.05) is 10.6 Å². The second-order valence-corrected chi connectivity index (χ2v) is 4.22. The molecule has 0 fully saturated rings. The maximum absolute atomic E-state index is 13.5. The van der Waals surface area contributed by atoms with Gasteiger partial charge in [0.05, 0.1) is 17.1 Å². The number of benzene rings is 1. The Kier molecular flexibility index (Phi) is 2.95. The highest BCUT2D eigenvalue weighted by atomic mass is 35.5. The third kappa shape index (κ3) is 2.14. The summed E-state index contributed by atoms with van der Waals surface area (Å²) in [4.78, 5) is 0.719. The van der Waals surface area contributed by atoms with Gasteiger partial charge in [0.15, 0.2) is 0 Å². The smallest absolute Gasteiger partial charge is 0.129 e. The van der Waals surface area contributed by atoms with Crippen LogP contribution in [0.4, 0.5) is 4.39 Å². The Labute approximate surface area is 94.9 Å². The van der Waals surface area contributed by atoms with Crippen LogP contribution in [-0.2, 0) is 0 Å². The van der Waals surface area contributed by atoms with Crippen LogP contribution in [0.3, 0.4) is 0 Å². The largest absolute Gasteiger partial charge is 0.319 e. The minimum Gasteiger partial charge on any atom is -0.319 e. The van der Waals surface area contributed by atoms with Crippen LogP contribution in [0.25, 0.3) is 0 Å². The standard InChI is InChI=1S/C9H7ClFN3S/c10-5-1-2-6(7(11)3-5)9(12)8-4-13-14-15-8/h1-4,9H,12H2. The number of aromatic nitrogens is 2. The molecular weight excluding hydrogens is 237 g/mol. The summed E-state index contributed by atoms with van der Waals surface area (Å²) in [5.41, 5.74) is 6.25. The van der Waals surface area contributed by atoms with Crippen molar-refractivity contribution in [3.63, 3.8) is 0 Å². The van der Waals surface area contributed by atoms with E-state index in [1.165, 1.54) is 12.3 Å². The minimum atomic E-state index is -0.540. The van der Waals surface area contributed by atoms with Gasteiger partial charge in [0.1, 0.15) is 5.82 Å². The van der Waals surface area contributed by atoms with Gasteiger partial charge in [-0.2, -0.15) is 0 Å².